The van der Waals surface area contributed by atoms with Gasteiger partial charge in [0.05, 0.1) is 6.61 Å². The summed E-state index contributed by atoms with van der Waals surface area (Å²) in [6.45, 7) is 7.27. The molecule has 0 amide bonds. The number of benzene rings is 1. The van der Waals surface area contributed by atoms with Crippen molar-refractivity contribution in [2.75, 3.05) is 13.2 Å². The molecule has 1 atom stereocenters. The molecule has 0 radical (unpaired) electrons. The Morgan fingerprint density at radius 3 is 2.57 bits per heavy atom. The average Bonchev–Trinajstić information content (AvgIpc) is 3.03. The lowest BCUT2D eigenvalue weighted by molar-refractivity contribution is 0.248. The van der Waals surface area contributed by atoms with E-state index in [1.54, 1.807) is 0 Å². The second kappa shape index (κ2) is 7.60. The van der Waals surface area contributed by atoms with Crippen molar-refractivity contribution in [3.05, 3.63) is 59.9 Å². The number of rotatable bonds is 6. The lowest BCUT2D eigenvalue weighted by Crippen LogP contribution is -2.22. The second-order valence-electron chi connectivity index (χ2n) is 6.76. The molecule has 2 aromatic rings. The van der Waals surface area contributed by atoms with E-state index in [-0.39, 0.29) is 0 Å². The van der Waals surface area contributed by atoms with Crippen LogP contribution in [0.5, 0.6) is 5.75 Å². The minimum atomic E-state index is 0.523. The van der Waals surface area contributed by atoms with E-state index in [2.05, 4.69) is 60.1 Å². The summed E-state index contributed by atoms with van der Waals surface area (Å²) in [4.78, 5) is 6.70. The Kier molecular flexibility index (Phi) is 5.29. The Balaban J connectivity index is 1.62. The standard InChI is InChI=1S/C20H26N2O/c1-16(2)15-23-19-7-5-17(6-8-19)14-22-13-3-4-20(22)18-9-11-21-12-10-18/h5-12,16,20H,3-4,13-15H2,1-2H3. The quantitative estimate of drug-likeness (QED) is 0.788. The second-order valence-corrected chi connectivity index (χ2v) is 6.76. The normalized spacial score (nSPS) is 18.5. The topological polar surface area (TPSA) is 25.4 Å². The van der Waals surface area contributed by atoms with Gasteiger partial charge < -0.3 is 4.74 Å². The van der Waals surface area contributed by atoms with Crippen LogP contribution in [0.25, 0.3) is 0 Å². The summed E-state index contributed by atoms with van der Waals surface area (Å²) in [6, 6.07) is 13.4. The average molecular weight is 310 g/mol. The molecule has 122 valence electrons. The third-order valence-electron chi connectivity index (χ3n) is 4.35. The number of nitrogens with zero attached hydrogens (tertiary/aromatic N) is 2. The van der Waals surface area contributed by atoms with E-state index in [0.29, 0.717) is 12.0 Å². The molecule has 1 aliphatic rings. The molecule has 0 bridgehead atoms. The molecule has 1 aromatic heterocycles. The predicted molar refractivity (Wildman–Crippen MR) is 93.4 cm³/mol. The SMILES string of the molecule is CC(C)COc1ccc(CN2CCCC2c2ccncc2)cc1. The van der Waals surface area contributed by atoms with Crippen LogP contribution in [0.1, 0.15) is 43.9 Å². The Morgan fingerprint density at radius 2 is 1.87 bits per heavy atom. The van der Waals surface area contributed by atoms with E-state index in [1.807, 2.05) is 12.4 Å². The molecule has 1 saturated heterocycles. The highest BCUT2D eigenvalue weighted by molar-refractivity contribution is 5.27. The third-order valence-corrected chi connectivity index (χ3v) is 4.35. The first-order chi connectivity index (χ1) is 11.2. The van der Waals surface area contributed by atoms with Gasteiger partial charge in [0.25, 0.3) is 0 Å². The minimum Gasteiger partial charge on any atom is -0.493 e. The van der Waals surface area contributed by atoms with Gasteiger partial charge in [0.15, 0.2) is 0 Å². The maximum atomic E-state index is 5.76. The molecule has 0 spiro atoms. The van der Waals surface area contributed by atoms with Gasteiger partial charge in [-0.05, 0) is 60.7 Å². The van der Waals surface area contributed by atoms with Gasteiger partial charge in [0.2, 0.25) is 0 Å². The minimum absolute atomic E-state index is 0.523. The molecule has 1 fully saturated rings. The maximum absolute atomic E-state index is 5.76. The Morgan fingerprint density at radius 1 is 1.13 bits per heavy atom. The van der Waals surface area contributed by atoms with Crippen molar-refractivity contribution in [1.82, 2.24) is 9.88 Å². The van der Waals surface area contributed by atoms with Crippen LogP contribution in [0.3, 0.4) is 0 Å². The zero-order valence-electron chi connectivity index (χ0n) is 14.1. The summed E-state index contributed by atoms with van der Waals surface area (Å²) < 4.78 is 5.76. The molecule has 3 nitrogen and oxygen atoms in total. The summed E-state index contributed by atoms with van der Waals surface area (Å²) in [5.74, 6) is 1.52. The van der Waals surface area contributed by atoms with Crippen LogP contribution in [0.4, 0.5) is 0 Å². The molecule has 0 saturated carbocycles. The van der Waals surface area contributed by atoms with Crippen LogP contribution in [0, 0.1) is 5.92 Å². The summed E-state index contributed by atoms with van der Waals surface area (Å²) in [5, 5.41) is 0. The molecule has 0 aliphatic carbocycles. The van der Waals surface area contributed by atoms with E-state index in [4.69, 9.17) is 4.74 Å². The van der Waals surface area contributed by atoms with Gasteiger partial charge in [-0.1, -0.05) is 26.0 Å². The van der Waals surface area contributed by atoms with E-state index >= 15 is 0 Å². The van der Waals surface area contributed by atoms with Gasteiger partial charge in [-0.2, -0.15) is 0 Å². The maximum Gasteiger partial charge on any atom is 0.119 e. The smallest absolute Gasteiger partial charge is 0.119 e. The van der Waals surface area contributed by atoms with Crippen molar-refractivity contribution in [2.24, 2.45) is 5.92 Å². The van der Waals surface area contributed by atoms with Gasteiger partial charge >= 0.3 is 0 Å². The lowest BCUT2D eigenvalue weighted by atomic mass is 10.1. The zero-order chi connectivity index (χ0) is 16.1. The van der Waals surface area contributed by atoms with Crippen LogP contribution >= 0.6 is 0 Å². The molecule has 1 aliphatic heterocycles. The van der Waals surface area contributed by atoms with Gasteiger partial charge in [0, 0.05) is 25.0 Å². The van der Waals surface area contributed by atoms with Crippen LogP contribution in [-0.2, 0) is 6.54 Å². The Bertz CT molecular complexity index is 595. The first-order valence-corrected chi connectivity index (χ1v) is 8.58. The van der Waals surface area contributed by atoms with Crippen LogP contribution < -0.4 is 4.74 Å². The van der Waals surface area contributed by atoms with Crippen LogP contribution in [-0.4, -0.2) is 23.0 Å². The fourth-order valence-corrected chi connectivity index (χ4v) is 3.17. The molecule has 1 aromatic carbocycles. The molecule has 3 heteroatoms. The van der Waals surface area contributed by atoms with Crippen molar-refractivity contribution in [3.63, 3.8) is 0 Å². The van der Waals surface area contributed by atoms with E-state index < -0.39 is 0 Å². The molecule has 1 unspecified atom stereocenters. The van der Waals surface area contributed by atoms with Gasteiger partial charge in [-0.15, -0.1) is 0 Å². The Hall–Kier alpha value is -1.87. The number of hydrogen-bond donors (Lipinski definition) is 0. The number of aromatic nitrogens is 1. The Labute approximate surface area is 139 Å². The predicted octanol–water partition coefficient (Wildman–Crippen LogP) is 4.45. The first-order valence-electron chi connectivity index (χ1n) is 8.58. The lowest BCUT2D eigenvalue weighted by Gasteiger charge is -2.25. The molecule has 23 heavy (non-hydrogen) atoms. The number of likely N-dealkylation sites (tertiary alicyclic amines) is 1. The summed E-state index contributed by atoms with van der Waals surface area (Å²) in [6.07, 6.45) is 6.29. The molecule has 3 rings (SSSR count). The number of hydrogen-bond acceptors (Lipinski definition) is 3. The highest BCUT2D eigenvalue weighted by Gasteiger charge is 2.25. The van der Waals surface area contributed by atoms with Crippen molar-refractivity contribution in [3.8, 4) is 5.75 Å². The van der Waals surface area contributed by atoms with Gasteiger partial charge in [-0.3, -0.25) is 9.88 Å². The molecular formula is C20H26N2O. The number of ether oxygens (including phenoxy) is 1. The van der Waals surface area contributed by atoms with E-state index in [0.717, 1.165) is 18.9 Å². The molecular weight excluding hydrogens is 284 g/mol. The summed E-state index contributed by atoms with van der Waals surface area (Å²) in [5.41, 5.74) is 2.73. The van der Waals surface area contributed by atoms with Crippen molar-refractivity contribution >= 4 is 0 Å². The summed E-state index contributed by atoms with van der Waals surface area (Å²) >= 11 is 0. The van der Waals surface area contributed by atoms with Crippen molar-refractivity contribution in [1.29, 1.82) is 0 Å². The fourth-order valence-electron chi connectivity index (χ4n) is 3.17. The first kappa shape index (κ1) is 16.0. The third kappa shape index (κ3) is 4.32. The highest BCUT2D eigenvalue weighted by atomic mass is 16.5. The van der Waals surface area contributed by atoms with E-state index in [1.165, 1.54) is 30.5 Å². The van der Waals surface area contributed by atoms with Crippen LogP contribution in [0.15, 0.2) is 48.8 Å². The van der Waals surface area contributed by atoms with Crippen molar-refractivity contribution in [2.45, 2.75) is 39.3 Å². The van der Waals surface area contributed by atoms with Crippen LogP contribution in [0.2, 0.25) is 0 Å². The fraction of sp³-hybridized carbons (Fsp3) is 0.450. The highest BCUT2D eigenvalue weighted by Crippen LogP contribution is 2.32. The zero-order valence-corrected chi connectivity index (χ0v) is 14.1. The van der Waals surface area contributed by atoms with Gasteiger partial charge in [-0.25, -0.2) is 0 Å². The van der Waals surface area contributed by atoms with Crippen molar-refractivity contribution < 1.29 is 4.74 Å². The van der Waals surface area contributed by atoms with E-state index in [9.17, 15) is 0 Å². The summed E-state index contributed by atoms with van der Waals surface area (Å²) in [7, 11) is 0. The molecule has 2 heterocycles. The monoisotopic (exact) mass is 310 g/mol. The van der Waals surface area contributed by atoms with Gasteiger partial charge in [0.1, 0.15) is 5.75 Å². The largest absolute Gasteiger partial charge is 0.493 e. The molecule has 0 N–H and O–H groups in total. The number of pyridine rings is 1.